The Kier molecular flexibility index (Phi) is 5.16. The molecule has 0 radical (unpaired) electrons. The summed E-state index contributed by atoms with van der Waals surface area (Å²) in [5.74, 6) is -1.43. The summed E-state index contributed by atoms with van der Waals surface area (Å²) in [5.41, 5.74) is 1.03. The van der Waals surface area contributed by atoms with Crippen LogP contribution in [0.15, 0.2) is 60.7 Å². The van der Waals surface area contributed by atoms with E-state index < -0.39 is 5.97 Å². The number of rotatable bonds is 3. The predicted molar refractivity (Wildman–Crippen MR) is 106 cm³/mol. The van der Waals surface area contributed by atoms with Gasteiger partial charge in [0.15, 0.2) is 5.11 Å². The number of benzene rings is 3. The molecule has 5 nitrogen and oxygen atoms in total. The molecular weight excluding hydrogens is 372 g/mol. The molecule has 0 aliphatic heterocycles. The molecule has 0 heterocycles. The van der Waals surface area contributed by atoms with Crippen LogP contribution in [-0.2, 0) is 0 Å². The lowest BCUT2D eigenvalue weighted by Gasteiger charge is -2.11. The molecule has 0 bridgehead atoms. The number of nitrogens with one attached hydrogen (secondary N) is 2. The quantitative estimate of drug-likeness (QED) is 0.586. The van der Waals surface area contributed by atoms with Crippen molar-refractivity contribution in [2.45, 2.75) is 0 Å². The van der Waals surface area contributed by atoms with Crippen LogP contribution < -0.4 is 10.6 Å². The van der Waals surface area contributed by atoms with Gasteiger partial charge in [0.2, 0.25) is 0 Å². The van der Waals surface area contributed by atoms with Crippen molar-refractivity contribution in [2.75, 3.05) is 5.32 Å². The first-order valence-corrected chi connectivity index (χ1v) is 8.37. The lowest BCUT2D eigenvalue weighted by atomic mass is 10.0. The van der Waals surface area contributed by atoms with E-state index in [4.69, 9.17) is 28.9 Å². The molecule has 0 aliphatic rings. The molecule has 0 unspecified atom stereocenters. The molecule has 0 aromatic heterocycles. The third-order valence-electron chi connectivity index (χ3n) is 3.71. The van der Waals surface area contributed by atoms with Crippen molar-refractivity contribution < 1.29 is 14.7 Å². The number of hydrogen-bond donors (Lipinski definition) is 3. The molecule has 0 fully saturated rings. The molecule has 0 spiro atoms. The van der Waals surface area contributed by atoms with Crippen LogP contribution in [-0.4, -0.2) is 22.1 Å². The van der Waals surface area contributed by atoms with E-state index in [0.29, 0.717) is 21.7 Å². The van der Waals surface area contributed by atoms with Crippen LogP contribution in [0.5, 0.6) is 0 Å². The maximum absolute atomic E-state index is 12.6. The Morgan fingerprint density at radius 2 is 1.65 bits per heavy atom. The maximum Gasteiger partial charge on any atom is 0.335 e. The Morgan fingerprint density at radius 3 is 2.42 bits per heavy atom. The van der Waals surface area contributed by atoms with E-state index in [1.807, 2.05) is 12.1 Å². The molecule has 1 amide bonds. The molecule has 130 valence electrons. The summed E-state index contributed by atoms with van der Waals surface area (Å²) in [6.07, 6.45) is 0. The number of carbonyl (C=O) groups excluding carboxylic acids is 1. The number of fused-ring (bicyclic) bond motifs is 1. The molecule has 7 heteroatoms. The average Bonchev–Trinajstić information content (AvgIpc) is 2.61. The fourth-order valence-corrected chi connectivity index (χ4v) is 2.98. The zero-order valence-corrected chi connectivity index (χ0v) is 14.9. The number of thiocarbonyl (C=S) groups is 1. The number of carboxylic acid groups (broad SMARTS) is 1. The summed E-state index contributed by atoms with van der Waals surface area (Å²) < 4.78 is 0. The van der Waals surface area contributed by atoms with E-state index in [9.17, 15) is 9.59 Å². The van der Waals surface area contributed by atoms with Crippen LogP contribution in [0.2, 0.25) is 5.02 Å². The second-order valence-electron chi connectivity index (χ2n) is 5.43. The first-order valence-electron chi connectivity index (χ1n) is 7.58. The van der Waals surface area contributed by atoms with Crippen LogP contribution in [0.25, 0.3) is 10.8 Å². The minimum atomic E-state index is -1.05. The molecule has 0 aliphatic carbocycles. The van der Waals surface area contributed by atoms with E-state index in [2.05, 4.69) is 10.6 Å². The highest BCUT2D eigenvalue weighted by Crippen LogP contribution is 2.25. The van der Waals surface area contributed by atoms with Crippen molar-refractivity contribution in [2.24, 2.45) is 0 Å². The van der Waals surface area contributed by atoms with Gasteiger partial charge in [-0.1, -0.05) is 41.9 Å². The first-order chi connectivity index (χ1) is 12.5. The van der Waals surface area contributed by atoms with Crippen molar-refractivity contribution in [1.29, 1.82) is 0 Å². The van der Waals surface area contributed by atoms with Crippen molar-refractivity contribution >= 4 is 57.3 Å². The van der Waals surface area contributed by atoms with E-state index in [1.165, 1.54) is 12.1 Å². The summed E-state index contributed by atoms with van der Waals surface area (Å²) in [7, 11) is 0. The standard InChI is InChI=1S/C19H13ClN2O3S/c20-16-9-3-6-13-14(16)7-2-8-15(13)17(23)22-19(26)21-12-5-1-4-11(10-12)18(24)25/h1-10H,(H,24,25)(H2,21,22,23,26). The molecule has 0 saturated carbocycles. The van der Waals surface area contributed by atoms with Gasteiger partial charge in [0.25, 0.3) is 5.91 Å². The van der Waals surface area contributed by atoms with Crippen molar-refractivity contribution in [3.8, 4) is 0 Å². The molecular formula is C19H13ClN2O3S. The Morgan fingerprint density at radius 1 is 0.962 bits per heavy atom. The highest BCUT2D eigenvalue weighted by atomic mass is 35.5. The fraction of sp³-hybridized carbons (Fsp3) is 0. The van der Waals surface area contributed by atoms with Crippen molar-refractivity contribution in [3.63, 3.8) is 0 Å². The number of halogens is 1. The number of anilines is 1. The number of aromatic carboxylic acids is 1. The largest absolute Gasteiger partial charge is 0.478 e. The van der Waals surface area contributed by atoms with Gasteiger partial charge in [-0.2, -0.15) is 0 Å². The van der Waals surface area contributed by atoms with E-state index in [1.54, 1.807) is 36.4 Å². The predicted octanol–water partition coefficient (Wildman–Crippen LogP) is 4.32. The van der Waals surface area contributed by atoms with Crippen LogP contribution in [0.3, 0.4) is 0 Å². The second-order valence-corrected chi connectivity index (χ2v) is 6.25. The number of hydrogen-bond acceptors (Lipinski definition) is 3. The van der Waals surface area contributed by atoms with Gasteiger partial charge in [-0.25, -0.2) is 4.79 Å². The number of amides is 1. The van der Waals surface area contributed by atoms with Crippen LogP contribution in [0.1, 0.15) is 20.7 Å². The summed E-state index contributed by atoms with van der Waals surface area (Å²) in [4.78, 5) is 23.6. The molecule has 26 heavy (non-hydrogen) atoms. The van der Waals surface area contributed by atoms with Gasteiger partial charge in [-0.15, -0.1) is 0 Å². The fourth-order valence-electron chi connectivity index (χ4n) is 2.53. The van der Waals surface area contributed by atoms with E-state index in [-0.39, 0.29) is 16.6 Å². The lowest BCUT2D eigenvalue weighted by molar-refractivity contribution is 0.0696. The van der Waals surface area contributed by atoms with Gasteiger partial charge in [0.1, 0.15) is 0 Å². The average molecular weight is 385 g/mol. The second kappa shape index (κ2) is 7.51. The Bertz CT molecular complexity index is 1040. The van der Waals surface area contributed by atoms with Gasteiger partial charge in [-0.05, 0) is 47.9 Å². The van der Waals surface area contributed by atoms with Gasteiger partial charge >= 0.3 is 5.97 Å². The molecule has 3 rings (SSSR count). The lowest BCUT2D eigenvalue weighted by Crippen LogP contribution is -2.34. The topological polar surface area (TPSA) is 78.4 Å². The summed E-state index contributed by atoms with van der Waals surface area (Å²) >= 11 is 11.3. The normalized spacial score (nSPS) is 10.3. The Labute approximate surface area is 159 Å². The van der Waals surface area contributed by atoms with E-state index in [0.717, 1.165) is 5.39 Å². The molecule has 0 saturated heterocycles. The molecule has 3 N–H and O–H groups in total. The van der Waals surface area contributed by atoms with Gasteiger partial charge < -0.3 is 10.4 Å². The molecule has 0 atom stereocenters. The van der Waals surface area contributed by atoms with E-state index >= 15 is 0 Å². The van der Waals surface area contributed by atoms with Crippen LogP contribution >= 0.6 is 23.8 Å². The van der Waals surface area contributed by atoms with Crippen LogP contribution in [0.4, 0.5) is 5.69 Å². The summed E-state index contributed by atoms with van der Waals surface area (Å²) in [5, 5.41) is 16.5. The minimum Gasteiger partial charge on any atom is -0.478 e. The third kappa shape index (κ3) is 3.82. The van der Waals surface area contributed by atoms with Gasteiger partial charge in [0.05, 0.1) is 5.56 Å². The monoisotopic (exact) mass is 384 g/mol. The highest BCUT2D eigenvalue weighted by molar-refractivity contribution is 7.80. The third-order valence-corrected chi connectivity index (χ3v) is 4.24. The van der Waals surface area contributed by atoms with Crippen LogP contribution in [0, 0.1) is 0 Å². The summed E-state index contributed by atoms with van der Waals surface area (Å²) in [6.45, 7) is 0. The zero-order valence-electron chi connectivity index (χ0n) is 13.3. The maximum atomic E-state index is 12.6. The minimum absolute atomic E-state index is 0.0663. The SMILES string of the molecule is O=C(O)c1cccc(NC(=S)NC(=O)c2cccc3c(Cl)cccc23)c1. The number of carboxylic acids is 1. The number of carbonyl (C=O) groups is 2. The zero-order chi connectivity index (χ0) is 18.7. The molecule has 3 aromatic carbocycles. The first kappa shape index (κ1) is 17.8. The van der Waals surface area contributed by atoms with Gasteiger partial charge in [-0.3, -0.25) is 10.1 Å². The Balaban J connectivity index is 1.78. The van der Waals surface area contributed by atoms with Gasteiger partial charge in [0, 0.05) is 21.7 Å². The Hall–Kier alpha value is -2.96. The highest BCUT2D eigenvalue weighted by Gasteiger charge is 2.13. The molecule has 3 aromatic rings. The smallest absolute Gasteiger partial charge is 0.335 e. The van der Waals surface area contributed by atoms with Crippen molar-refractivity contribution in [1.82, 2.24) is 5.32 Å². The summed E-state index contributed by atoms with van der Waals surface area (Å²) in [6, 6.07) is 16.7. The van der Waals surface area contributed by atoms with Crippen molar-refractivity contribution in [3.05, 3.63) is 76.8 Å².